The first-order chi connectivity index (χ1) is 30.0. The predicted molar refractivity (Wildman–Crippen MR) is 222 cm³/mol. The summed E-state index contributed by atoms with van der Waals surface area (Å²) < 4.78 is 5.02. The Labute approximate surface area is 353 Å². The Balaban J connectivity index is 0.000000181. The van der Waals surface area contributed by atoms with Crippen molar-refractivity contribution in [2.24, 2.45) is 5.73 Å². The number of ether oxygens (including phenoxy) is 1. The first-order valence-corrected chi connectivity index (χ1v) is 18.6. The number of hydrogen-bond donors (Lipinski definition) is 6. The summed E-state index contributed by atoms with van der Waals surface area (Å²) >= 11 is 1.01. The number of nitrogens with two attached hydrogens (primary N) is 1. The van der Waals surface area contributed by atoms with Gasteiger partial charge >= 0.3 is 0 Å². The number of amides is 2. The number of aliphatic hydroxyl groups excluding tert-OH is 1. The lowest BCUT2D eigenvalue weighted by Gasteiger charge is -2.15. The largest absolute Gasteiger partial charge is 0.495 e. The van der Waals surface area contributed by atoms with Crippen LogP contribution < -0.4 is 32.5 Å². The van der Waals surface area contributed by atoms with Crippen LogP contribution in [0, 0.1) is 34.0 Å². The minimum Gasteiger partial charge on any atom is -0.495 e. The van der Waals surface area contributed by atoms with Gasteiger partial charge in [-0.15, -0.1) is 11.3 Å². The van der Waals surface area contributed by atoms with Gasteiger partial charge in [0, 0.05) is 23.5 Å². The topological polar surface area (TPSA) is 336 Å². The first kappa shape index (κ1) is 44.1. The molecule has 5 aromatic heterocycles. The summed E-state index contributed by atoms with van der Waals surface area (Å²) in [6.07, 6.45) is 8.27. The maximum Gasteiger partial charge on any atom is 0.280 e. The molecule has 2 aromatic carbocycles. The molecule has 0 saturated heterocycles. The number of nitrogens with one attached hydrogen (secondary N) is 4. The smallest absolute Gasteiger partial charge is 0.280 e. The average molecular weight is 850 g/mol. The number of thiazole rings is 1. The molecule has 7 rings (SSSR count). The molecule has 7 aromatic rings. The van der Waals surface area contributed by atoms with E-state index in [0.717, 1.165) is 22.5 Å². The number of rotatable bonds is 10. The number of nitrogens with zero attached hydrogens (tertiary/aromatic N) is 8. The molecule has 1 unspecified atom stereocenters. The fourth-order valence-electron chi connectivity index (χ4n) is 5.40. The molecule has 20 nitrogen and oxygen atoms in total. The van der Waals surface area contributed by atoms with Gasteiger partial charge < -0.3 is 35.8 Å². The Morgan fingerprint density at radius 1 is 0.774 bits per heavy atom. The zero-order valence-corrected chi connectivity index (χ0v) is 33.0. The molecule has 0 saturated carbocycles. The normalized spacial score (nSPS) is 10.5. The molecule has 21 heteroatoms. The number of hydrogen-bond acceptors (Lipinski definition) is 16. The average Bonchev–Trinajstić information content (AvgIpc) is 3.79. The predicted octanol–water partition coefficient (Wildman–Crippen LogP) is 2.28. The zero-order chi connectivity index (χ0) is 44.6. The third-order valence-electron chi connectivity index (χ3n) is 8.35. The molecule has 0 aliphatic rings. The monoisotopic (exact) mass is 849 g/mol. The molecule has 7 N–H and O–H groups in total. The van der Waals surface area contributed by atoms with Crippen molar-refractivity contribution in [2.75, 3.05) is 13.7 Å². The quantitative estimate of drug-likeness (QED) is 0.115. The van der Waals surface area contributed by atoms with Crippen LogP contribution in [0.25, 0.3) is 33.1 Å². The summed E-state index contributed by atoms with van der Waals surface area (Å²) in [6, 6.07) is 22.4. The number of primary amides is 1. The van der Waals surface area contributed by atoms with Crippen molar-refractivity contribution in [3.63, 3.8) is 0 Å². The van der Waals surface area contributed by atoms with Crippen molar-refractivity contribution < 1.29 is 19.4 Å². The van der Waals surface area contributed by atoms with Crippen LogP contribution in [0.2, 0.25) is 0 Å². The SMILES string of the molecule is COc1cncc(-c2nc[nH]c(=O)c2C#N)c1.N#Cc1c(-c2ccc(CC(N)=O)cc2)nc[nH]c1=O.N#Cc1c(-c2cnc(C(=O)NC(CO)c3ccccc3)s2)nc[nH]c1=O. The standard InChI is InChI=1S/C17H13N5O3S.C13H10N4O2.C11H8N4O2/c18-6-11-14(20-9-21-15(11)24)13-7-19-17(26-13)16(25)22-12(8-23)10-4-2-1-3-5-10;14-6-10-12(16-7-17-13(10)19)9-3-1-8(2-4-9)5-11(15)18;1-17-8-2-7(4-13-5-8)10-9(3-12)11(16)15-6-14-10/h1-5,7,9,12,23H,8H2,(H,22,25)(H,20,21,24);1-4,7H,5H2,(H2,15,18)(H,16,17,19);2,4-6H,1H3,(H,14,15,16). The Kier molecular flexibility index (Phi) is 15.1. The highest BCUT2D eigenvalue weighted by atomic mass is 32.1. The summed E-state index contributed by atoms with van der Waals surface area (Å²) in [6.45, 7) is -0.262. The van der Waals surface area contributed by atoms with Gasteiger partial charge in [-0.2, -0.15) is 15.8 Å². The maximum atomic E-state index is 12.4. The van der Waals surface area contributed by atoms with E-state index in [0.29, 0.717) is 33.1 Å². The van der Waals surface area contributed by atoms with Crippen molar-refractivity contribution >= 4 is 23.2 Å². The third kappa shape index (κ3) is 10.9. The van der Waals surface area contributed by atoms with Crippen LogP contribution in [0.3, 0.4) is 0 Å². The van der Waals surface area contributed by atoms with Gasteiger partial charge in [0.05, 0.1) is 67.6 Å². The number of carbonyl (C=O) groups is 2. The van der Waals surface area contributed by atoms with Gasteiger partial charge in [0.1, 0.15) is 46.3 Å². The van der Waals surface area contributed by atoms with Gasteiger partial charge in [-0.05, 0) is 17.2 Å². The molecular formula is C41H31N13O7S. The van der Waals surface area contributed by atoms with E-state index >= 15 is 0 Å². The highest BCUT2D eigenvalue weighted by molar-refractivity contribution is 7.16. The Bertz CT molecular complexity index is 3020. The summed E-state index contributed by atoms with van der Waals surface area (Å²) in [5.74, 6) is -0.347. The molecule has 2 amide bonds. The molecule has 0 aliphatic heterocycles. The summed E-state index contributed by atoms with van der Waals surface area (Å²) in [5, 5.41) is 39.4. The van der Waals surface area contributed by atoms with Gasteiger partial charge in [-0.1, -0.05) is 54.6 Å². The van der Waals surface area contributed by atoms with E-state index in [9.17, 15) is 29.1 Å². The minimum absolute atomic E-state index is 0.0369. The number of benzene rings is 2. The van der Waals surface area contributed by atoms with E-state index < -0.39 is 34.5 Å². The number of nitriles is 3. The van der Waals surface area contributed by atoms with Gasteiger partial charge in [-0.3, -0.25) is 29.0 Å². The number of aromatic nitrogens is 8. The second-order valence-electron chi connectivity index (χ2n) is 12.3. The molecule has 0 aliphatic carbocycles. The molecule has 1 atom stereocenters. The van der Waals surface area contributed by atoms with Crippen LogP contribution in [0.15, 0.2) is 113 Å². The highest BCUT2D eigenvalue weighted by Gasteiger charge is 2.20. The first-order valence-electron chi connectivity index (χ1n) is 17.7. The van der Waals surface area contributed by atoms with Crippen molar-refractivity contribution in [1.29, 1.82) is 15.8 Å². The van der Waals surface area contributed by atoms with E-state index in [1.807, 2.05) is 30.3 Å². The van der Waals surface area contributed by atoms with E-state index in [4.69, 9.17) is 26.3 Å². The second-order valence-corrected chi connectivity index (χ2v) is 13.3. The molecule has 62 heavy (non-hydrogen) atoms. The minimum atomic E-state index is -0.566. The van der Waals surface area contributed by atoms with E-state index in [2.05, 4.69) is 45.2 Å². The molecule has 5 heterocycles. The van der Waals surface area contributed by atoms with Crippen molar-refractivity contribution in [3.05, 3.63) is 162 Å². The maximum absolute atomic E-state index is 12.4. The number of H-pyrrole nitrogens is 3. The number of carbonyl (C=O) groups excluding carboxylic acids is 2. The lowest BCUT2D eigenvalue weighted by molar-refractivity contribution is -0.117. The van der Waals surface area contributed by atoms with Crippen molar-refractivity contribution in [3.8, 4) is 57.0 Å². The van der Waals surface area contributed by atoms with Gasteiger partial charge in [0.15, 0.2) is 5.01 Å². The van der Waals surface area contributed by atoms with Gasteiger partial charge in [-0.25, -0.2) is 19.9 Å². The van der Waals surface area contributed by atoms with Crippen LogP contribution in [-0.2, 0) is 11.2 Å². The lowest BCUT2D eigenvalue weighted by Crippen LogP contribution is -2.30. The fourth-order valence-corrected chi connectivity index (χ4v) is 6.23. The Hall–Kier alpha value is -8.97. The molecular weight excluding hydrogens is 819 g/mol. The van der Waals surface area contributed by atoms with Crippen molar-refractivity contribution in [2.45, 2.75) is 12.5 Å². The summed E-state index contributed by atoms with van der Waals surface area (Å²) in [4.78, 5) is 85.2. The lowest BCUT2D eigenvalue weighted by atomic mass is 10.0. The van der Waals surface area contributed by atoms with Gasteiger partial charge in [0.2, 0.25) is 5.91 Å². The van der Waals surface area contributed by atoms with E-state index in [1.165, 1.54) is 44.7 Å². The molecule has 0 spiro atoms. The van der Waals surface area contributed by atoms with Crippen LogP contribution in [0.1, 0.15) is 43.7 Å². The second kappa shape index (κ2) is 21.2. The number of pyridine rings is 1. The molecule has 0 fully saturated rings. The third-order valence-corrected chi connectivity index (χ3v) is 9.35. The van der Waals surface area contributed by atoms with Crippen LogP contribution in [-0.4, -0.2) is 70.5 Å². The van der Waals surface area contributed by atoms with Crippen LogP contribution >= 0.6 is 11.3 Å². The molecule has 0 radical (unpaired) electrons. The highest BCUT2D eigenvalue weighted by Crippen LogP contribution is 2.26. The molecule has 0 bridgehead atoms. The van der Waals surface area contributed by atoms with Crippen LogP contribution in [0.4, 0.5) is 0 Å². The van der Waals surface area contributed by atoms with E-state index in [-0.39, 0.29) is 40.4 Å². The number of methoxy groups -OCH3 is 1. The van der Waals surface area contributed by atoms with E-state index in [1.54, 1.807) is 48.5 Å². The van der Waals surface area contributed by atoms with Gasteiger partial charge in [0.25, 0.3) is 22.6 Å². The Morgan fingerprint density at radius 2 is 1.32 bits per heavy atom. The fraction of sp³-hybridized carbons (Fsp3) is 0.0976. The number of aliphatic hydroxyl groups is 1. The molecule has 308 valence electrons. The van der Waals surface area contributed by atoms with Crippen LogP contribution in [0.5, 0.6) is 5.75 Å². The van der Waals surface area contributed by atoms with Crippen molar-refractivity contribution in [1.82, 2.24) is 45.2 Å². The summed E-state index contributed by atoms with van der Waals surface area (Å²) in [7, 11) is 1.51. The zero-order valence-electron chi connectivity index (χ0n) is 32.2. The summed E-state index contributed by atoms with van der Waals surface area (Å²) in [5.41, 5.74) is 6.89. The number of aromatic amines is 3. The Morgan fingerprint density at radius 3 is 1.85 bits per heavy atom.